The predicted octanol–water partition coefficient (Wildman–Crippen LogP) is 1.99. The van der Waals surface area contributed by atoms with Crippen LogP contribution < -0.4 is 24.4 Å². The molecule has 0 amide bonds. The van der Waals surface area contributed by atoms with Crippen molar-refractivity contribution in [2.75, 3.05) is 37.5 Å². The maximum atomic E-state index is 11.9. The summed E-state index contributed by atoms with van der Waals surface area (Å²) in [6, 6.07) is 7.09. The van der Waals surface area contributed by atoms with Crippen molar-refractivity contribution in [2.45, 2.75) is 18.9 Å². The molecule has 3 heterocycles. The molecule has 0 bridgehead atoms. The smallest absolute Gasteiger partial charge is 0.227 e. The van der Waals surface area contributed by atoms with Gasteiger partial charge < -0.3 is 30.0 Å². The van der Waals surface area contributed by atoms with E-state index in [4.69, 9.17) is 9.47 Å². The fourth-order valence-electron chi connectivity index (χ4n) is 3.36. The van der Waals surface area contributed by atoms with Crippen molar-refractivity contribution in [2.24, 2.45) is 0 Å². The van der Waals surface area contributed by atoms with Crippen LogP contribution in [0.1, 0.15) is 12.8 Å². The van der Waals surface area contributed by atoms with Gasteiger partial charge in [-0.25, -0.2) is 4.98 Å². The van der Waals surface area contributed by atoms with Gasteiger partial charge in [-0.2, -0.15) is 9.71 Å². The monoisotopic (exact) mass is 397 g/mol. The Bertz CT molecular complexity index is 999. The van der Waals surface area contributed by atoms with Crippen LogP contribution in [0, 0.1) is 5.21 Å². The second-order valence-corrected chi connectivity index (χ2v) is 6.92. The summed E-state index contributed by atoms with van der Waals surface area (Å²) in [6.07, 6.45) is 3.92. The molecule has 1 saturated heterocycles. The van der Waals surface area contributed by atoms with Gasteiger partial charge in [-0.05, 0) is 12.8 Å². The van der Waals surface area contributed by atoms with E-state index in [2.05, 4.69) is 15.3 Å². The Labute approximate surface area is 168 Å². The minimum absolute atomic E-state index is 0.284. The van der Waals surface area contributed by atoms with Crippen LogP contribution in [0.15, 0.2) is 36.7 Å². The molecule has 29 heavy (non-hydrogen) atoms. The summed E-state index contributed by atoms with van der Waals surface area (Å²) in [6.45, 7) is 1.35. The molecule has 4 rings (SSSR count). The van der Waals surface area contributed by atoms with Gasteiger partial charge in [0.05, 0.1) is 25.8 Å². The lowest BCUT2D eigenvalue weighted by molar-refractivity contribution is -0.603. The average molecular weight is 397 g/mol. The number of nitrogens with one attached hydrogen (secondary N) is 1. The number of nitrogens with zero attached hydrogens (tertiary/aromatic N) is 4. The third kappa shape index (κ3) is 4.09. The van der Waals surface area contributed by atoms with E-state index in [9.17, 15) is 10.3 Å². The van der Waals surface area contributed by atoms with Crippen molar-refractivity contribution in [3.05, 3.63) is 41.9 Å². The fraction of sp³-hybridized carbons (Fsp3) is 0.350. The number of aliphatic hydroxyl groups is 1. The van der Waals surface area contributed by atoms with Crippen LogP contribution in [0.2, 0.25) is 0 Å². The highest BCUT2D eigenvalue weighted by atomic mass is 16.5. The van der Waals surface area contributed by atoms with Gasteiger partial charge in [0.15, 0.2) is 12.4 Å². The molecule has 0 radical (unpaired) electrons. The molecular formula is C20H23N5O4. The highest BCUT2D eigenvalue weighted by molar-refractivity contribution is 5.90. The van der Waals surface area contributed by atoms with E-state index in [0.29, 0.717) is 65.8 Å². The second kappa shape index (κ2) is 7.96. The zero-order valence-corrected chi connectivity index (χ0v) is 16.3. The lowest BCUT2D eigenvalue weighted by Crippen LogP contribution is -2.37. The van der Waals surface area contributed by atoms with Crippen LogP contribution >= 0.6 is 0 Å². The first-order valence-corrected chi connectivity index (χ1v) is 9.39. The number of rotatable bonds is 5. The summed E-state index contributed by atoms with van der Waals surface area (Å²) in [7, 11) is 3.17. The van der Waals surface area contributed by atoms with Gasteiger partial charge in [-0.3, -0.25) is 0 Å². The van der Waals surface area contributed by atoms with E-state index in [0.717, 1.165) is 4.73 Å². The number of hydrogen-bond acceptors (Lipinski definition) is 8. The van der Waals surface area contributed by atoms with E-state index in [1.54, 1.807) is 26.4 Å². The molecule has 0 atom stereocenters. The minimum Gasteiger partial charge on any atom is -0.619 e. The van der Waals surface area contributed by atoms with Crippen molar-refractivity contribution in [1.82, 2.24) is 9.97 Å². The van der Waals surface area contributed by atoms with Crippen molar-refractivity contribution >= 4 is 28.4 Å². The number of methoxy groups -OCH3 is 2. The topological polar surface area (TPSA) is 107 Å². The molecule has 0 spiro atoms. The van der Waals surface area contributed by atoms with Crippen molar-refractivity contribution < 1.29 is 19.3 Å². The molecule has 0 aliphatic carbocycles. The SMILES string of the molecule is COc1cc(Nc2nc(N3CCC(O)CC3)nc3cc[n+]([O-])cc23)cc(OC)c1. The summed E-state index contributed by atoms with van der Waals surface area (Å²) >= 11 is 0. The average Bonchev–Trinajstić information content (AvgIpc) is 2.74. The van der Waals surface area contributed by atoms with E-state index in [1.807, 2.05) is 17.0 Å². The first kappa shape index (κ1) is 19.0. The fourth-order valence-corrected chi connectivity index (χ4v) is 3.36. The van der Waals surface area contributed by atoms with Crippen LogP contribution in [0.25, 0.3) is 10.9 Å². The Balaban J connectivity index is 1.76. The molecule has 0 saturated carbocycles. The normalized spacial score (nSPS) is 14.8. The lowest BCUT2D eigenvalue weighted by Gasteiger charge is -2.29. The van der Waals surface area contributed by atoms with Gasteiger partial charge in [0, 0.05) is 43.0 Å². The molecule has 152 valence electrons. The number of ether oxygens (including phenoxy) is 2. The zero-order chi connectivity index (χ0) is 20.4. The van der Waals surface area contributed by atoms with Crippen LogP contribution in [0.4, 0.5) is 17.5 Å². The van der Waals surface area contributed by atoms with Gasteiger partial charge in [-0.15, -0.1) is 0 Å². The standard InChI is InChI=1S/C20H23N5O4/c1-28-15-9-13(10-16(11-15)29-2)21-19-17-12-25(27)8-5-18(17)22-20(23-19)24-6-3-14(26)4-7-24/h5,8-12,14,26H,3-4,6-7H2,1-2H3,(H,21,22,23). The molecule has 3 aromatic rings. The maximum absolute atomic E-state index is 11.9. The summed E-state index contributed by atoms with van der Waals surface area (Å²) in [5.41, 5.74) is 1.37. The van der Waals surface area contributed by atoms with Crippen LogP contribution in [0.5, 0.6) is 11.5 Å². The molecular weight excluding hydrogens is 374 g/mol. The molecule has 2 aromatic heterocycles. The number of anilines is 3. The van der Waals surface area contributed by atoms with Crippen LogP contribution in [-0.4, -0.2) is 48.5 Å². The Morgan fingerprint density at radius 1 is 1.14 bits per heavy atom. The molecule has 0 unspecified atom stereocenters. The number of piperidine rings is 1. The Hall–Kier alpha value is -3.33. The number of hydrogen-bond donors (Lipinski definition) is 2. The third-order valence-electron chi connectivity index (χ3n) is 4.96. The number of aromatic nitrogens is 3. The molecule has 9 nitrogen and oxygen atoms in total. The summed E-state index contributed by atoms with van der Waals surface area (Å²) in [5.74, 6) is 2.34. The Morgan fingerprint density at radius 3 is 2.48 bits per heavy atom. The molecule has 1 fully saturated rings. The van der Waals surface area contributed by atoms with Gasteiger partial charge >= 0.3 is 0 Å². The van der Waals surface area contributed by atoms with Gasteiger partial charge in [0.1, 0.15) is 22.7 Å². The summed E-state index contributed by atoms with van der Waals surface area (Å²) < 4.78 is 11.4. The number of aliphatic hydroxyl groups excluding tert-OH is 1. The number of pyridine rings is 1. The van der Waals surface area contributed by atoms with Crippen LogP contribution in [-0.2, 0) is 0 Å². The Kier molecular flexibility index (Phi) is 5.22. The molecule has 1 aliphatic heterocycles. The molecule has 1 aliphatic rings. The van der Waals surface area contributed by atoms with Crippen molar-refractivity contribution in [3.63, 3.8) is 0 Å². The maximum Gasteiger partial charge on any atom is 0.227 e. The number of benzene rings is 1. The predicted molar refractivity (Wildman–Crippen MR) is 109 cm³/mol. The summed E-state index contributed by atoms with van der Waals surface area (Å²) in [4.78, 5) is 11.4. The summed E-state index contributed by atoms with van der Waals surface area (Å²) in [5, 5.41) is 25.5. The first-order chi connectivity index (χ1) is 14.1. The lowest BCUT2D eigenvalue weighted by atomic mass is 10.1. The van der Waals surface area contributed by atoms with Crippen molar-refractivity contribution in [3.8, 4) is 11.5 Å². The van der Waals surface area contributed by atoms with E-state index in [1.165, 1.54) is 12.4 Å². The highest BCUT2D eigenvalue weighted by Gasteiger charge is 2.21. The molecule has 9 heteroatoms. The van der Waals surface area contributed by atoms with Crippen molar-refractivity contribution in [1.29, 1.82) is 0 Å². The second-order valence-electron chi connectivity index (χ2n) is 6.92. The zero-order valence-electron chi connectivity index (χ0n) is 16.3. The van der Waals surface area contributed by atoms with Crippen LogP contribution in [0.3, 0.4) is 0 Å². The van der Waals surface area contributed by atoms with E-state index >= 15 is 0 Å². The first-order valence-electron chi connectivity index (χ1n) is 9.39. The third-order valence-corrected chi connectivity index (χ3v) is 4.96. The van der Waals surface area contributed by atoms with Gasteiger partial charge in [0.25, 0.3) is 0 Å². The quantitative estimate of drug-likeness (QED) is 0.497. The largest absolute Gasteiger partial charge is 0.619 e. The highest BCUT2D eigenvalue weighted by Crippen LogP contribution is 2.31. The van der Waals surface area contributed by atoms with Gasteiger partial charge in [-0.1, -0.05) is 0 Å². The Morgan fingerprint density at radius 2 is 1.83 bits per heavy atom. The minimum atomic E-state index is -0.284. The number of fused-ring (bicyclic) bond motifs is 1. The molecule has 2 N–H and O–H groups in total. The molecule has 1 aromatic carbocycles. The van der Waals surface area contributed by atoms with Gasteiger partial charge in [0.2, 0.25) is 5.95 Å². The van der Waals surface area contributed by atoms with E-state index < -0.39 is 0 Å². The van der Waals surface area contributed by atoms with E-state index in [-0.39, 0.29) is 6.10 Å².